The first-order valence-electron chi connectivity index (χ1n) is 5.38. The minimum atomic E-state index is -0.476. The van der Waals surface area contributed by atoms with Crippen molar-refractivity contribution in [3.63, 3.8) is 0 Å². The van der Waals surface area contributed by atoms with E-state index in [2.05, 4.69) is 5.32 Å². The van der Waals surface area contributed by atoms with Gasteiger partial charge in [-0.3, -0.25) is 9.59 Å². The third-order valence-electron chi connectivity index (χ3n) is 2.35. The van der Waals surface area contributed by atoms with Crippen molar-refractivity contribution in [2.24, 2.45) is 5.41 Å². The van der Waals surface area contributed by atoms with Gasteiger partial charge in [0, 0.05) is 11.0 Å². The number of ketones is 1. The quantitative estimate of drug-likeness (QED) is 0.875. The minimum absolute atomic E-state index is 0.0142. The Bertz CT molecular complexity index is 418. The van der Waals surface area contributed by atoms with E-state index in [-0.39, 0.29) is 18.2 Å². The van der Waals surface area contributed by atoms with Crippen molar-refractivity contribution in [2.45, 2.75) is 20.8 Å². The average molecular weight is 237 g/mol. The van der Waals surface area contributed by atoms with Crippen LogP contribution in [0.15, 0.2) is 24.3 Å². The van der Waals surface area contributed by atoms with Crippen LogP contribution in [0.4, 0.5) is 4.39 Å². The van der Waals surface area contributed by atoms with Crippen LogP contribution >= 0.6 is 0 Å². The maximum atomic E-state index is 12.6. The van der Waals surface area contributed by atoms with Gasteiger partial charge in [-0.2, -0.15) is 0 Å². The molecule has 0 saturated heterocycles. The highest BCUT2D eigenvalue weighted by molar-refractivity contribution is 5.97. The lowest BCUT2D eigenvalue weighted by atomic mass is 9.91. The summed E-state index contributed by atoms with van der Waals surface area (Å²) in [5.74, 6) is -0.817. The van der Waals surface area contributed by atoms with Crippen molar-refractivity contribution in [3.05, 3.63) is 35.6 Å². The van der Waals surface area contributed by atoms with E-state index < -0.39 is 11.2 Å². The molecule has 4 heteroatoms. The Morgan fingerprint density at radius 1 is 1.18 bits per heavy atom. The molecule has 17 heavy (non-hydrogen) atoms. The zero-order chi connectivity index (χ0) is 13.1. The lowest BCUT2D eigenvalue weighted by Gasteiger charge is -2.16. The molecule has 0 radical (unpaired) electrons. The molecule has 1 N–H and O–H groups in total. The number of carbonyl (C=O) groups is 2. The summed E-state index contributed by atoms with van der Waals surface area (Å²) in [4.78, 5) is 23.2. The fourth-order valence-corrected chi connectivity index (χ4v) is 1.13. The Hall–Kier alpha value is -1.71. The van der Waals surface area contributed by atoms with Crippen LogP contribution in [-0.4, -0.2) is 18.2 Å². The van der Waals surface area contributed by atoms with Crippen LogP contribution in [0.5, 0.6) is 0 Å². The maximum absolute atomic E-state index is 12.6. The normalized spacial score (nSPS) is 11.1. The number of halogens is 1. The van der Waals surface area contributed by atoms with Gasteiger partial charge >= 0.3 is 0 Å². The van der Waals surface area contributed by atoms with Gasteiger partial charge in [-0.1, -0.05) is 20.8 Å². The predicted molar refractivity (Wildman–Crippen MR) is 63.2 cm³/mol. The van der Waals surface area contributed by atoms with Crippen molar-refractivity contribution < 1.29 is 14.0 Å². The number of hydrogen-bond donors (Lipinski definition) is 1. The van der Waals surface area contributed by atoms with Crippen molar-refractivity contribution >= 4 is 11.7 Å². The number of Topliss-reactive ketones (excluding diaryl/α,β-unsaturated/α-hetero) is 1. The Morgan fingerprint density at radius 2 is 1.71 bits per heavy atom. The molecule has 0 bridgehead atoms. The third-order valence-corrected chi connectivity index (χ3v) is 2.35. The minimum Gasteiger partial charge on any atom is -0.345 e. The molecule has 0 fully saturated rings. The molecule has 92 valence electrons. The van der Waals surface area contributed by atoms with E-state index in [0.29, 0.717) is 5.56 Å². The number of carbonyl (C=O) groups excluding carboxylic acids is 2. The summed E-state index contributed by atoms with van der Waals surface area (Å²) in [5, 5.41) is 2.51. The number of amides is 1. The second-order valence-electron chi connectivity index (χ2n) is 4.86. The Kier molecular flexibility index (Phi) is 3.99. The van der Waals surface area contributed by atoms with Crippen LogP contribution in [0.3, 0.4) is 0 Å². The first kappa shape index (κ1) is 13.4. The largest absolute Gasteiger partial charge is 0.345 e. The van der Waals surface area contributed by atoms with Gasteiger partial charge in [0.15, 0.2) is 5.78 Å². The molecule has 0 atom stereocenters. The first-order chi connectivity index (χ1) is 7.80. The van der Waals surface area contributed by atoms with Crippen LogP contribution in [-0.2, 0) is 4.79 Å². The molecule has 0 unspecified atom stereocenters. The van der Waals surface area contributed by atoms with Crippen LogP contribution in [0.2, 0.25) is 0 Å². The van der Waals surface area contributed by atoms with Gasteiger partial charge in [0.05, 0.1) is 6.54 Å². The average Bonchev–Trinajstić information content (AvgIpc) is 2.25. The highest BCUT2D eigenvalue weighted by atomic mass is 19.1. The number of benzene rings is 1. The van der Waals surface area contributed by atoms with E-state index in [4.69, 9.17) is 0 Å². The van der Waals surface area contributed by atoms with Crippen LogP contribution in [0.25, 0.3) is 0 Å². The molecule has 3 nitrogen and oxygen atoms in total. The molecule has 0 aliphatic carbocycles. The summed E-state index contributed by atoms with van der Waals surface area (Å²) >= 11 is 0. The Balaban J connectivity index is 2.56. The van der Waals surface area contributed by atoms with Crippen LogP contribution in [0, 0.1) is 11.2 Å². The van der Waals surface area contributed by atoms with Gasteiger partial charge in [-0.15, -0.1) is 0 Å². The molecule has 0 heterocycles. The molecule has 0 spiro atoms. The predicted octanol–water partition coefficient (Wildman–Crippen LogP) is 2.17. The van der Waals surface area contributed by atoms with Gasteiger partial charge in [-0.05, 0) is 24.3 Å². The lowest BCUT2D eigenvalue weighted by Crippen LogP contribution is -2.35. The highest BCUT2D eigenvalue weighted by Crippen LogP contribution is 2.13. The fourth-order valence-electron chi connectivity index (χ4n) is 1.13. The standard InChI is InChI=1S/C13H16FNO2/c1-13(2,3)11(16)8-15-12(17)9-4-6-10(14)7-5-9/h4-7H,8H2,1-3H3,(H,15,17). The van der Waals surface area contributed by atoms with E-state index in [1.54, 1.807) is 20.8 Å². The lowest BCUT2D eigenvalue weighted by molar-refractivity contribution is -0.125. The van der Waals surface area contributed by atoms with Crippen LogP contribution < -0.4 is 5.32 Å². The van der Waals surface area contributed by atoms with E-state index in [1.165, 1.54) is 24.3 Å². The Labute approximate surface area is 100 Å². The van der Waals surface area contributed by atoms with Crippen LogP contribution in [0.1, 0.15) is 31.1 Å². The van der Waals surface area contributed by atoms with Crippen molar-refractivity contribution in [2.75, 3.05) is 6.54 Å². The second kappa shape index (κ2) is 5.08. The first-order valence-corrected chi connectivity index (χ1v) is 5.38. The fraction of sp³-hybridized carbons (Fsp3) is 0.385. The van der Waals surface area contributed by atoms with Gasteiger partial charge < -0.3 is 5.32 Å². The molecular formula is C13H16FNO2. The number of hydrogen-bond acceptors (Lipinski definition) is 2. The molecule has 0 aliphatic rings. The van der Waals surface area contributed by atoms with Crippen molar-refractivity contribution in [3.8, 4) is 0 Å². The smallest absolute Gasteiger partial charge is 0.251 e. The highest BCUT2D eigenvalue weighted by Gasteiger charge is 2.21. The van der Waals surface area contributed by atoms with Gasteiger partial charge in [0.25, 0.3) is 5.91 Å². The molecule has 0 aromatic heterocycles. The van der Waals surface area contributed by atoms with E-state index in [9.17, 15) is 14.0 Å². The molecule has 0 aliphatic heterocycles. The number of rotatable bonds is 3. The maximum Gasteiger partial charge on any atom is 0.251 e. The molecule has 1 amide bonds. The second-order valence-corrected chi connectivity index (χ2v) is 4.86. The molecular weight excluding hydrogens is 221 g/mol. The zero-order valence-electron chi connectivity index (χ0n) is 10.2. The van der Waals surface area contributed by atoms with E-state index >= 15 is 0 Å². The summed E-state index contributed by atoms with van der Waals surface area (Å²) in [6, 6.07) is 5.18. The summed E-state index contributed by atoms with van der Waals surface area (Å²) < 4.78 is 12.6. The summed E-state index contributed by atoms with van der Waals surface area (Å²) in [7, 11) is 0. The molecule has 1 rings (SSSR count). The van der Waals surface area contributed by atoms with Gasteiger partial charge in [-0.25, -0.2) is 4.39 Å². The summed E-state index contributed by atoms with van der Waals surface area (Å²) in [6.07, 6.45) is 0. The van der Waals surface area contributed by atoms with Crippen molar-refractivity contribution in [1.29, 1.82) is 0 Å². The van der Waals surface area contributed by atoms with Gasteiger partial charge in [0.2, 0.25) is 0 Å². The topological polar surface area (TPSA) is 46.2 Å². The van der Waals surface area contributed by atoms with Crippen molar-refractivity contribution in [1.82, 2.24) is 5.32 Å². The Morgan fingerprint density at radius 3 is 2.18 bits per heavy atom. The summed E-state index contributed by atoms with van der Waals surface area (Å²) in [5.41, 5.74) is -0.135. The third kappa shape index (κ3) is 3.98. The SMILES string of the molecule is CC(C)(C)C(=O)CNC(=O)c1ccc(F)cc1. The molecule has 1 aromatic rings. The number of nitrogens with one attached hydrogen (secondary N) is 1. The zero-order valence-corrected chi connectivity index (χ0v) is 10.2. The molecule has 0 saturated carbocycles. The molecule has 1 aromatic carbocycles. The van der Waals surface area contributed by atoms with E-state index in [0.717, 1.165) is 0 Å². The summed E-state index contributed by atoms with van der Waals surface area (Å²) in [6.45, 7) is 5.36. The monoisotopic (exact) mass is 237 g/mol. The van der Waals surface area contributed by atoms with E-state index in [1.807, 2.05) is 0 Å². The van der Waals surface area contributed by atoms with Gasteiger partial charge in [0.1, 0.15) is 5.82 Å².